The van der Waals surface area contributed by atoms with Gasteiger partial charge in [-0.15, -0.1) is 6.42 Å². The molecule has 0 amide bonds. The molecule has 0 aliphatic carbocycles. The lowest BCUT2D eigenvalue weighted by atomic mass is 10.2. The van der Waals surface area contributed by atoms with Crippen molar-refractivity contribution in [3.63, 3.8) is 0 Å². The van der Waals surface area contributed by atoms with E-state index in [1.807, 2.05) is 0 Å². The quantitative estimate of drug-likeness (QED) is 0.630. The van der Waals surface area contributed by atoms with Crippen LogP contribution in [0.25, 0.3) is 0 Å². The minimum atomic E-state index is -3.70. The monoisotopic (exact) mass is 224 g/mol. The summed E-state index contributed by atoms with van der Waals surface area (Å²) in [5.41, 5.74) is 0.670. The predicted molar refractivity (Wildman–Crippen MR) is 60.1 cm³/mol. The Hall–Kier alpha value is -1.07. The molecule has 0 heterocycles. The fourth-order valence-corrected chi connectivity index (χ4v) is 2.31. The van der Waals surface area contributed by atoms with Crippen molar-refractivity contribution in [1.29, 1.82) is 0 Å². The van der Waals surface area contributed by atoms with Crippen LogP contribution in [0.15, 0.2) is 24.3 Å². The molecule has 0 bridgehead atoms. The molecular weight excluding hydrogens is 211 g/mol. The first-order valence-corrected chi connectivity index (χ1v) is 6.12. The van der Waals surface area contributed by atoms with Crippen LogP contribution in [0.4, 0.5) is 0 Å². The topological polar surface area (TPSA) is 46.5 Å². The molecule has 4 heteroatoms. The van der Waals surface area contributed by atoms with E-state index in [4.69, 9.17) is 10.9 Å². The van der Waals surface area contributed by atoms with Gasteiger partial charge >= 0.3 is 7.60 Å². The van der Waals surface area contributed by atoms with Crippen LogP contribution in [0, 0.1) is 12.3 Å². The summed E-state index contributed by atoms with van der Waals surface area (Å²) in [5.74, 6) is 2.43. The maximum Gasteiger partial charge on any atom is 0.359 e. The van der Waals surface area contributed by atoms with Crippen LogP contribution >= 0.6 is 7.60 Å². The average molecular weight is 224 g/mol. The Bertz CT molecular complexity index is 414. The lowest BCUT2D eigenvalue weighted by Gasteiger charge is -2.14. The fraction of sp³-hybridized carbons (Fsp3) is 0.273. The zero-order valence-corrected chi connectivity index (χ0v) is 9.57. The standard InChI is InChI=1S/C11H13O3P/c1-4-10-5-7-11(8-6-10)15(12,13)14-9(2)3/h1,5-9H,2-3H3,(H,12,13). The van der Waals surface area contributed by atoms with Gasteiger partial charge in [-0.25, -0.2) is 0 Å². The van der Waals surface area contributed by atoms with Crippen LogP contribution in [0.5, 0.6) is 0 Å². The molecule has 0 radical (unpaired) electrons. The van der Waals surface area contributed by atoms with Gasteiger partial charge in [-0.1, -0.05) is 5.92 Å². The van der Waals surface area contributed by atoms with Crippen molar-refractivity contribution in [3.05, 3.63) is 29.8 Å². The van der Waals surface area contributed by atoms with E-state index in [1.54, 1.807) is 26.0 Å². The van der Waals surface area contributed by atoms with Crippen LogP contribution < -0.4 is 5.30 Å². The zero-order valence-electron chi connectivity index (χ0n) is 8.68. The molecule has 1 N–H and O–H groups in total. The third-order valence-electron chi connectivity index (χ3n) is 1.71. The van der Waals surface area contributed by atoms with E-state index in [2.05, 4.69) is 5.92 Å². The fourth-order valence-electron chi connectivity index (χ4n) is 1.09. The Morgan fingerprint density at radius 2 is 1.93 bits per heavy atom. The van der Waals surface area contributed by atoms with E-state index < -0.39 is 7.60 Å². The van der Waals surface area contributed by atoms with Gasteiger partial charge in [0.05, 0.1) is 11.4 Å². The molecule has 0 fully saturated rings. The normalized spacial score (nSPS) is 14.6. The Balaban J connectivity index is 2.96. The van der Waals surface area contributed by atoms with E-state index >= 15 is 0 Å². The lowest BCUT2D eigenvalue weighted by Crippen LogP contribution is -2.10. The van der Waals surface area contributed by atoms with Gasteiger partial charge in [0.1, 0.15) is 0 Å². The Morgan fingerprint density at radius 1 is 1.40 bits per heavy atom. The van der Waals surface area contributed by atoms with Gasteiger partial charge in [0, 0.05) is 5.56 Å². The van der Waals surface area contributed by atoms with Crippen molar-refractivity contribution in [3.8, 4) is 12.3 Å². The summed E-state index contributed by atoms with van der Waals surface area (Å²) in [6, 6.07) is 6.25. The van der Waals surface area contributed by atoms with Crippen molar-refractivity contribution in [1.82, 2.24) is 0 Å². The van der Waals surface area contributed by atoms with Crippen LogP contribution in [-0.2, 0) is 9.09 Å². The molecule has 0 aliphatic heterocycles. The molecule has 1 atom stereocenters. The first kappa shape index (κ1) is 12.0. The van der Waals surface area contributed by atoms with E-state index in [9.17, 15) is 9.46 Å². The van der Waals surface area contributed by atoms with E-state index in [1.165, 1.54) is 12.1 Å². The molecule has 1 rings (SSSR count). The van der Waals surface area contributed by atoms with Crippen molar-refractivity contribution in [2.24, 2.45) is 0 Å². The summed E-state index contributed by atoms with van der Waals surface area (Å²) >= 11 is 0. The summed E-state index contributed by atoms with van der Waals surface area (Å²) < 4.78 is 16.7. The van der Waals surface area contributed by atoms with Crippen LogP contribution in [0.1, 0.15) is 19.4 Å². The summed E-state index contributed by atoms with van der Waals surface area (Å²) in [4.78, 5) is 9.60. The molecule has 0 aliphatic rings. The second kappa shape index (κ2) is 4.63. The second-order valence-electron chi connectivity index (χ2n) is 3.37. The molecule has 1 aromatic rings. The first-order chi connectivity index (χ1) is 6.95. The highest BCUT2D eigenvalue weighted by Gasteiger charge is 2.23. The van der Waals surface area contributed by atoms with Gasteiger partial charge < -0.3 is 9.42 Å². The maximum atomic E-state index is 11.7. The lowest BCUT2D eigenvalue weighted by molar-refractivity contribution is 0.212. The second-order valence-corrected chi connectivity index (χ2v) is 5.13. The third-order valence-corrected chi connectivity index (χ3v) is 3.37. The summed E-state index contributed by atoms with van der Waals surface area (Å²) in [6.45, 7) is 3.41. The Morgan fingerprint density at radius 3 is 2.33 bits per heavy atom. The van der Waals surface area contributed by atoms with E-state index in [-0.39, 0.29) is 11.4 Å². The van der Waals surface area contributed by atoms with Crippen LogP contribution in [-0.4, -0.2) is 11.0 Å². The number of terminal acetylenes is 1. The SMILES string of the molecule is C#Cc1ccc(P(=O)(O)OC(C)C)cc1. The van der Waals surface area contributed by atoms with Crippen molar-refractivity contribution >= 4 is 12.9 Å². The smallest absolute Gasteiger partial charge is 0.321 e. The number of hydrogen-bond donors (Lipinski definition) is 1. The largest absolute Gasteiger partial charge is 0.359 e. The van der Waals surface area contributed by atoms with Gasteiger partial charge in [-0.05, 0) is 38.1 Å². The number of benzene rings is 1. The number of hydrogen-bond acceptors (Lipinski definition) is 2. The van der Waals surface area contributed by atoms with Crippen LogP contribution in [0.3, 0.4) is 0 Å². The molecule has 0 spiro atoms. The highest BCUT2D eigenvalue weighted by atomic mass is 31.2. The van der Waals surface area contributed by atoms with Gasteiger partial charge in [-0.3, -0.25) is 4.57 Å². The zero-order chi connectivity index (χ0) is 11.5. The summed E-state index contributed by atoms with van der Waals surface area (Å²) in [7, 11) is -3.70. The minimum Gasteiger partial charge on any atom is -0.321 e. The van der Waals surface area contributed by atoms with Crippen molar-refractivity contribution < 1.29 is 14.0 Å². The molecule has 80 valence electrons. The van der Waals surface area contributed by atoms with Crippen LogP contribution in [0.2, 0.25) is 0 Å². The first-order valence-electron chi connectivity index (χ1n) is 4.54. The summed E-state index contributed by atoms with van der Waals surface area (Å²) in [6.07, 6.45) is 4.88. The highest BCUT2D eigenvalue weighted by molar-refractivity contribution is 7.61. The van der Waals surface area contributed by atoms with Gasteiger partial charge in [-0.2, -0.15) is 0 Å². The third kappa shape index (κ3) is 3.21. The maximum absolute atomic E-state index is 11.7. The highest BCUT2D eigenvalue weighted by Crippen LogP contribution is 2.41. The van der Waals surface area contributed by atoms with Crippen molar-refractivity contribution in [2.45, 2.75) is 20.0 Å². The summed E-state index contributed by atoms with van der Waals surface area (Å²) in [5, 5.41) is 0.259. The number of rotatable bonds is 3. The minimum absolute atomic E-state index is 0.259. The molecule has 0 saturated heterocycles. The molecule has 0 saturated carbocycles. The average Bonchev–Trinajstić information content (AvgIpc) is 2.16. The molecular formula is C11H13O3P. The Kier molecular flexibility index (Phi) is 3.71. The molecule has 1 aromatic carbocycles. The van der Waals surface area contributed by atoms with Gasteiger partial charge in [0.25, 0.3) is 0 Å². The van der Waals surface area contributed by atoms with Crippen molar-refractivity contribution in [2.75, 3.05) is 0 Å². The Labute approximate surface area is 89.6 Å². The molecule has 3 nitrogen and oxygen atoms in total. The molecule has 15 heavy (non-hydrogen) atoms. The predicted octanol–water partition coefficient (Wildman–Crippen LogP) is 1.90. The van der Waals surface area contributed by atoms with E-state index in [0.717, 1.165) is 0 Å². The van der Waals surface area contributed by atoms with Gasteiger partial charge in [0.2, 0.25) is 0 Å². The van der Waals surface area contributed by atoms with E-state index in [0.29, 0.717) is 5.56 Å². The molecule has 0 aromatic heterocycles. The molecule has 1 unspecified atom stereocenters. The van der Waals surface area contributed by atoms with Gasteiger partial charge in [0.15, 0.2) is 0 Å².